The maximum absolute atomic E-state index is 2.45. The zero-order valence-electron chi connectivity index (χ0n) is 32.9. The van der Waals surface area contributed by atoms with E-state index >= 15 is 0 Å². The van der Waals surface area contributed by atoms with E-state index in [1.807, 2.05) is 11.3 Å². The van der Waals surface area contributed by atoms with Crippen molar-refractivity contribution in [3.63, 3.8) is 0 Å². The fourth-order valence-corrected chi connectivity index (χ4v) is 9.93. The number of thiophene rings is 1. The van der Waals surface area contributed by atoms with Crippen molar-refractivity contribution in [2.45, 2.75) is 0 Å². The summed E-state index contributed by atoms with van der Waals surface area (Å²) in [6.07, 6.45) is 0. The highest BCUT2D eigenvalue weighted by molar-refractivity contribution is 7.26. The second kappa shape index (κ2) is 15.3. The average Bonchev–Trinajstić information content (AvgIpc) is 3.71. The van der Waals surface area contributed by atoms with Crippen LogP contribution in [0.2, 0.25) is 0 Å². The van der Waals surface area contributed by atoms with Crippen molar-refractivity contribution in [2.75, 3.05) is 4.90 Å². The van der Waals surface area contributed by atoms with Crippen molar-refractivity contribution in [3.05, 3.63) is 237 Å². The third-order valence-electron chi connectivity index (χ3n) is 11.7. The quantitative estimate of drug-likeness (QED) is 0.148. The Morgan fingerprint density at radius 3 is 1.52 bits per heavy atom. The second-order valence-electron chi connectivity index (χ2n) is 15.3. The Morgan fingerprint density at radius 2 is 0.817 bits per heavy atom. The van der Waals surface area contributed by atoms with Crippen molar-refractivity contribution in [2.24, 2.45) is 0 Å². The molecular formula is C58H39NS. The minimum Gasteiger partial charge on any atom is -0.309 e. The molecule has 0 saturated heterocycles. The van der Waals surface area contributed by atoms with Crippen LogP contribution < -0.4 is 4.90 Å². The van der Waals surface area contributed by atoms with Gasteiger partial charge in [-0.15, -0.1) is 11.3 Å². The first-order valence-electron chi connectivity index (χ1n) is 20.5. The van der Waals surface area contributed by atoms with E-state index in [9.17, 15) is 0 Å². The summed E-state index contributed by atoms with van der Waals surface area (Å²) in [5.41, 5.74) is 15.5. The van der Waals surface area contributed by atoms with Crippen LogP contribution in [-0.4, -0.2) is 0 Å². The molecule has 0 spiro atoms. The number of benzene rings is 10. The van der Waals surface area contributed by atoms with Gasteiger partial charge < -0.3 is 4.90 Å². The Hall–Kier alpha value is -7.52. The lowest BCUT2D eigenvalue weighted by atomic mass is 9.94. The number of hydrogen-bond acceptors (Lipinski definition) is 2. The molecule has 1 heterocycles. The van der Waals surface area contributed by atoms with Gasteiger partial charge in [-0.05, 0) is 115 Å². The highest BCUT2D eigenvalue weighted by Crippen LogP contribution is 2.47. The summed E-state index contributed by atoms with van der Waals surface area (Å²) in [6.45, 7) is 0. The van der Waals surface area contributed by atoms with Crippen LogP contribution in [0.25, 0.3) is 86.6 Å². The van der Waals surface area contributed by atoms with Crippen LogP contribution in [0.3, 0.4) is 0 Å². The van der Waals surface area contributed by atoms with Gasteiger partial charge in [0.2, 0.25) is 0 Å². The van der Waals surface area contributed by atoms with Gasteiger partial charge in [0.1, 0.15) is 0 Å². The lowest BCUT2D eigenvalue weighted by Gasteiger charge is -2.27. The lowest BCUT2D eigenvalue weighted by Crippen LogP contribution is -2.10. The molecular weight excluding hydrogens is 743 g/mol. The first-order valence-corrected chi connectivity index (χ1v) is 21.3. The van der Waals surface area contributed by atoms with Gasteiger partial charge in [-0.25, -0.2) is 0 Å². The van der Waals surface area contributed by atoms with Gasteiger partial charge in [0.15, 0.2) is 0 Å². The molecule has 0 bridgehead atoms. The van der Waals surface area contributed by atoms with Crippen LogP contribution in [0.5, 0.6) is 0 Å². The highest BCUT2D eigenvalue weighted by atomic mass is 32.1. The summed E-state index contributed by atoms with van der Waals surface area (Å²) >= 11 is 1.87. The molecule has 0 aliphatic heterocycles. The summed E-state index contributed by atoms with van der Waals surface area (Å²) in [7, 11) is 0. The summed E-state index contributed by atoms with van der Waals surface area (Å²) in [4.78, 5) is 2.45. The highest BCUT2D eigenvalue weighted by Gasteiger charge is 2.20. The smallest absolute Gasteiger partial charge is 0.0640 e. The molecule has 2 heteroatoms. The minimum absolute atomic E-state index is 1.10. The van der Waals surface area contributed by atoms with E-state index in [0.717, 1.165) is 17.1 Å². The minimum atomic E-state index is 1.10. The molecule has 0 aliphatic carbocycles. The Morgan fingerprint density at radius 1 is 0.283 bits per heavy atom. The third kappa shape index (κ3) is 6.54. The van der Waals surface area contributed by atoms with E-state index in [2.05, 4.69) is 241 Å². The standard InChI is InChI=1S/C58H39NS/c1-4-15-40(16-5-1)45-30-29-43-21-13-26-52(54(43)38-45)47-22-12-23-49(37-47)59(48-34-31-44(32-35-48)51-25-11-10-24-50(51)42-19-8-3-9-20-42)56-28-14-27-53-55-39-46(41-17-6-2-7-18-41)33-36-57(55)60-58(53)56/h1-39H. The SMILES string of the molecule is c1ccc(-c2ccc3cccc(-c4cccc(N(c5ccc(-c6ccccc6-c6ccccc6)cc5)c5cccc6c5sc5ccc(-c7ccccc7)cc56)c4)c3c2)cc1. The molecule has 0 fully saturated rings. The van der Waals surface area contributed by atoms with Gasteiger partial charge in [0, 0.05) is 26.8 Å². The van der Waals surface area contributed by atoms with Crippen LogP contribution in [-0.2, 0) is 0 Å². The maximum atomic E-state index is 2.45. The first-order chi connectivity index (χ1) is 29.7. The predicted octanol–water partition coefficient (Wildman–Crippen LogP) is 17.0. The van der Waals surface area contributed by atoms with Crippen molar-refractivity contribution in [1.82, 2.24) is 0 Å². The Balaban J connectivity index is 1.08. The van der Waals surface area contributed by atoms with Gasteiger partial charge in [0.25, 0.3) is 0 Å². The molecule has 0 aliphatic rings. The molecule has 60 heavy (non-hydrogen) atoms. The van der Waals surface area contributed by atoms with E-state index < -0.39 is 0 Å². The van der Waals surface area contributed by atoms with Crippen molar-refractivity contribution in [3.8, 4) is 55.6 Å². The molecule has 1 nitrogen and oxygen atoms in total. The van der Waals surface area contributed by atoms with Gasteiger partial charge in [0.05, 0.1) is 10.4 Å². The Bertz CT molecular complexity index is 3290. The summed E-state index contributed by atoms with van der Waals surface area (Å²) < 4.78 is 2.54. The molecule has 0 radical (unpaired) electrons. The van der Waals surface area contributed by atoms with Crippen molar-refractivity contribution >= 4 is 59.3 Å². The van der Waals surface area contributed by atoms with E-state index in [0.29, 0.717) is 0 Å². The normalized spacial score (nSPS) is 11.3. The average molecular weight is 782 g/mol. The second-order valence-corrected chi connectivity index (χ2v) is 16.3. The number of fused-ring (bicyclic) bond motifs is 4. The van der Waals surface area contributed by atoms with Crippen molar-refractivity contribution in [1.29, 1.82) is 0 Å². The first kappa shape index (κ1) is 35.6. The molecule has 282 valence electrons. The molecule has 0 unspecified atom stereocenters. The molecule has 11 rings (SSSR count). The van der Waals surface area contributed by atoms with Crippen LogP contribution in [0, 0.1) is 0 Å². The Labute approximate surface area is 354 Å². The summed E-state index contributed by atoms with van der Waals surface area (Å²) in [6, 6.07) is 86.1. The predicted molar refractivity (Wildman–Crippen MR) is 259 cm³/mol. The van der Waals surface area contributed by atoms with Crippen LogP contribution in [0.1, 0.15) is 0 Å². The molecule has 11 aromatic rings. The monoisotopic (exact) mass is 781 g/mol. The Kier molecular flexibility index (Phi) is 9.11. The molecule has 0 saturated carbocycles. The lowest BCUT2D eigenvalue weighted by molar-refractivity contribution is 1.30. The third-order valence-corrected chi connectivity index (χ3v) is 12.9. The maximum Gasteiger partial charge on any atom is 0.0640 e. The number of nitrogens with zero attached hydrogens (tertiary/aromatic N) is 1. The van der Waals surface area contributed by atoms with E-state index in [4.69, 9.17) is 0 Å². The van der Waals surface area contributed by atoms with E-state index in [1.165, 1.54) is 86.6 Å². The molecule has 0 N–H and O–H groups in total. The van der Waals surface area contributed by atoms with Gasteiger partial charge in [-0.2, -0.15) is 0 Å². The van der Waals surface area contributed by atoms with E-state index in [1.54, 1.807) is 0 Å². The zero-order valence-corrected chi connectivity index (χ0v) is 33.7. The number of anilines is 3. The fraction of sp³-hybridized carbons (Fsp3) is 0. The van der Waals surface area contributed by atoms with Crippen LogP contribution in [0.15, 0.2) is 237 Å². The van der Waals surface area contributed by atoms with Crippen LogP contribution in [0.4, 0.5) is 17.1 Å². The van der Waals surface area contributed by atoms with Crippen LogP contribution >= 0.6 is 11.3 Å². The largest absolute Gasteiger partial charge is 0.309 e. The topological polar surface area (TPSA) is 3.24 Å². The molecule has 0 amide bonds. The fourth-order valence-electron chi connectivity index (χ4n) is 8.74. The van der Waals surface area contributed by atoms with Gasteiger partial charge in [-0.3, -0.25) is 0 Å². The summed E-state index contributed by atoms with van der Waals surface area (Å²) in [5, 5.41) is 5.02. The van der Waals surface area contributed by atoms with Gasteiger partial charge >= 0.3 is 0 Å². The molecule has 1 aromatic heterocycles. The molecule has 10 aromatic carbocycles. The number of hydrogen-bond donors (Lipinski definition) is 0. The number of rotatable bonds is 8. The van der Waals surface area contributed by atoms with Gasteiger partial charge in [-0.1, -0.05) is 188 Å². The summed E-state index contributed by atoms with van der Waals surface area (Å²) in [5.74, 6) is 0. The van der Waals surface area contributed by atoms with Crippen molar-refractivity contribution < 1.29 is 0 Å². The zero-order chi connectivity index (χ0) is 39.8. The molecule has 0 atom stereocenters. The van der Waals surface area contributed by atoms with E-state index in [-0.39, 0.29) is 0 Å².